The molecule has 8 heavy (non-hydrogen) atoms. The van der Waals surface area contributed by atoms with Gasteiger partial charge in [0.25, 0.3) is 0 Å². The molecule has 0 amide bonds. The molecule has 0 aromatic carbocycles. The summed E-state index contributed by atoms with van der Waals surface area (Å²) < 4.78 is 0. The van der Waals surface area contributed by atoms with Crippen molar-refractivity contribution in [1.82, 2.24) is 10.2 Å². The third kappa shape index (κ3) is 1.56. The van der Waals surface area contributed by atoms with E-state index in [0.717, 1.165) is 5.69 Å². The Morgan fingerprint density at radius 3 is 2.50 bits per heavy atom. The van der Waals surface area contributed by atoms with Crippen molar-refractivity contribution in [3.05, 3.63) is 11.9 Å². The fourth-order valence-corrected chi connectivity index (χ4v) is 0.316. The van der Waals surface area contributed by atoms with Gasteiger partial charge < -0.3 is 15.9 Å². The molecule has 3 nitrogen and oxygen atoms in total. The molecule has 0 spiro atoms. The number of nitrogens with two attached hydrogens (primary N) is 1. The van der Waals surface area contributed by atoms with Crippen molar-refractivity contribution in [3.63, 3.8) is 0 Å². The molecule has 1 aromatic heterocycles. The second-order valence-corrected chi connectivity index (χ2v) is 1.37. The zero-order valence-corrected chi connectivity index (χ0v) is 7.44. The number of hydrogen-bond acceptors (Lipinski definition) is 2. The fourth-order valence-electron chi connectivity index (χ4n) is 0.316. The largest absolute Gasteiger partial charge is 0.428 e. The van der Waals surface area contributed by atoms with Crippen LogP contribution >= 0.6 is 0 Å². The zero-order valence-electron chi connectivity index (χ0n) is 4.60. The minimum atomic E-state index is 0. The zero-order chi connectivity index (χ0) is 5.28. The van der Waals surface area contributed by atoms with Crippen LogP contribution in [0.5, 0.6) is 0 Å². The predicted octanol–water partition coefficient (Wildman–Crippen LogP) is 0.0980. The quantitative estimate of drug-likeness (QED) is 0.563. The Morgan fingerprint density at radius 1 is 1.75 bits per heavy atom. The van der Waals surface area contributed by atoms with E-state index in [2.05, 4.69) is 16.4 Å². The number of hydrogen-bond donors (Lipinski definition) is 2. The first-order valence-corrected chi connectivity index (χ1v) is 1.99. The number of aromatic amines is 1. The molecule has 0 aliphatic heterocycles. The van der Waals surface area contributed by atoms with Crippen molar-refractivity contribution >= 4 is 5.69 Å². The van der Waals surface area contributed by atoms with Gasteiger partial charge in [0.2, 0.25) is 0 Å². The smallest absolute Gasteiger partial charge is 0 e. The van der Waals surface area contributed by atoms with Crippen LogP contribution in [0.15, 0.2) is 0 Å². The van der Waals surface area contributed by atoms with Gasteiger partial charge in [-0.3, -0.25) is 0 Å². The van der Waals surface area contributed by atoms with Crippen LogP contribution in [0.25, 0.3) is 0 Å². The molecule has 0 aliphatic carbocycles. The molecule has 0 atom stereocenters. The van der Waals surface area contributed by atoms with Gasteiger partial charge in [0, 0.05) is 32.7 Å². The van der Waals surface area contributed by atoms with Gasteiger partial charge in [-0.05, 0) is 0 Å². The van der Waals surface area contributed by atoms with Gasteiger partial charge >= 0.3 is 0 Å². The third-order valence-electron chi connectivity index (χ3n) is 0.804. The number of aromatic nitrogens is 2. The second-order valence-electron chi connectivity index (χ2n) is 1.37. The summed E-state index contributed by atoms with van der Waals surface area (Å²) in [5.74, 6) is 0. The van der Waals surface area contributed by atoms with Crippen molar-refractivity contribution in [2.75, 3.05) is 5.73 Å². The minimum absolute atomic E-state index is 0. The van der Waals surface area contributed by atoms with Crippen molar-refractivity contribution < 1.29 is 32.7 Å². The summed E-state index contributed by atoms with van der Waals surface area (Å²) >= 11 is 0. The minimum Gasteiger partial charge on any atom is -0.428 e. The number of nitrogens with zero attached hydrogens (tertiary/aromatic N) is 1. The van der Waals surface area contributed by atoms with Crippen molar-refractivity contribution in [2.45, 2.75) is 6.92 Å². The van der Waals surface area contributed by atoms with Crippen molar-refractivity contribution in [1.29, 1.82) is 0 Å². The van der Waals surface area contributed by atoms with Gasteiger partial charge in [0.1, 0.15) is 0 Å². The summed E-state index contributed by atoms with van der Waals surface area (Å²) in [6.07, 6.45) is 2.54. The van der Waals surface area contributed by atoms with E-state index in [1.165, 1.54) is 0 Å². The van der Waals surface area contributed by atoms with E-state index < -0.39 is 0 Å². The molecule has 3 N–H and O–H groups in total. The summed E-state index contributed by atoms with van der Waals surface area (Å²) in [6, 6.07) is 0. The Hall–Kier alpha value is 0.114. The number of H-pyrrole nitrogens is 1. The van der Waals surface area contributed by atoms with Crippen molar-refractivity contribution in [2.24, 2.45) is 0 Å². The van der Waals surface area contributed by atoms with E-state index >= 15 is 0 Å². The monoisotopic (exact) mass is 185 g/mol. The maximum absolute atomic E-state index is 5.29. The van der Waals surface area contributed by atoms with E-state index in [9.17, 15) is 0 Å². The Balaban J connectivity index is 0.000000490. The summed E-state index contributed by atoms with van der Waals surface area (Å²) in [4.78, 5) is 0. The van der Waals surface area contributed by atoms with Gasteiger partial charge in [-0.15, -0.1) is 11.9 Å². The van der Waals surface area contributed by atoms with E-state index in [1.54, 1.807) is 0 Å². The molecular formula is C4H6N3Y-. The first kappa shape index (κ1) is 8.11. The van der Waals surface area contributed by atoms with Crippen molar-refractivity contribution in [3.8, 4) is 0 Å². The molecule has 0 fully saturated rings. The Bertz CT molecular complexity index is 144. The van der Waals surface area contributed by atoms with Crippen LogP contribution in [-0.2, 0) is 32.7 Å². The molecule has 0 unspecified atom stereocenters. The number of anilines is 1. The number of nitrogen functional groups attached to an aromatic ring is 1. The SMILES string of the molecule is Cc1[nH]n[c-]c1N.[Y]. The summed E-state index contributed by atoms with van der Waals surface area (Å²) in [7, 11) is 0. The molecule has 0 saturated carbocycles. The number of rotatable bonds is 0. The Morgan fingerprint density at radius 2 is 2.38 bits per heavy atom. The van der Waals surface area contributed by atoms with Crippen LogP contribution in [0, 0.1) is 13.1 Å². The first-order chi connectivity index (χ1) is 3.30. The van der Waals surface area contributed by atoms with E-state index in [4.69, 9.17) is 5.73 Å². The van der Waals surface area contributed by atoms with Gasteiger partial charge in [-0.25, -0.2) is 0 Å². The second kappa shape index (κ2) is 3.20. The van der Waals surface area contributed by atoms with Crippen LogP contribution in [-0.4, -0.2) is 10.2 Å². The molecule has 0 aliphatic rings. The van der Waals surface area contributed by atoms with Gasteiger partial charge in [0.15, 0.2) is 0 Å². The first-order valence-electron chi connectivity index (χ1n) is 1.99. The van der Waals surface area contributed by atoms with Crippen LogP contribution in [0.1, 0.15) is 5.69 Å². The number of nitrogens with one attached hydrogen (secondary N) is 1. The molecule has 1 radical (unpaired) electrons. The average molecular weight is 185 g/mol. The van der Waals surface area contributed by atoms with Gasteiger partial charge in [0.05, 0.1) is 0 Å². The third-order valence-corrected chi connectivity index (χ3v) is 0.804. The molecule has 41 valence electrons. The summed E-state index contributed by atoms with van der Waals surface area (Å²) in [6.45, 7) is 1.85. The van der Waals surface area contributed by atoms with Gasteiger partial charge in [-0.2, -0.15) is 0 Å². The maximum Gasteiger partial charge on any atom is 0 e. The van der Waals surface area contributed by atoms with Crippen LogP contribution < -0.4 is 5.73 Å². The Labute approximate surface area is 72.9 Å². The topological polar surface area (TPSA) is 54.7 Å². The molecule has 4 heteroatoms. The predicted molar refractivity (Wildman–Crippen MR) is 26.6 cm³/mol. The normalized spacial score (nSPS) is 8.12. The summed E-state index contributed by atoms with van der Waals surface area (Å²) in [5, 5.41) is 6.18. The standard InChI is InChI=1S/C4H6N3.Y/c1-3-4(5)2-6-7-3;/h5H2,1H3,(H,6,7);/q-1;. The van der Waals surface area contributed by atoms with Gasteiger partial charge in [-0.1, -0.05) is 12.6 Å². The average Bonchev–Trinajstić information content (AvgIpc) is 1.91. The molecule has 0 bridgehead atoms. The maximum atomic E-state index is 5.29. The molecular weight excluding hydrogens is 179 g/mol. The van der Waals surface area contributed by atoms with Crippen LogP contribution in [0.4, 0.5) is 5.69 Å². The summed E-state index contributed by atoms with van der Waals surface area (Å²) in [5.41, 5.74) is 6.76. The fraction of sp³-hybridized carbons (Fsp3) is 0.250. The van der Waals surface area contributed by atoms with Crippen LogP contribution in [0.3, 0.4) is 0 Å². The molecule has 0 saturated heterocycles. The number of aryl methyl sites for hydroxylation is 1. The molecule has 1 rings (SSSR count). The Kier molecular flexibility index (Phi) is 3.25. The molecule has 1 aromatic rings. The van der Waals surface area contributed by atoms with E-state index in [1.807, 2.05) is 6.92 Å². The van der Waals surface area contributed by atoms with E-state index in [0.29, 0.717) is 5.69 Å². The van der Waals surface area contributed by atoms with Crippen LogP contribution in [0.2, 0.25) is 0 Å². The van der Waals surface area contributed by atoms with E-state index in [-0.39, 0.29) is 32.7 Å². The molecule has 1 heterocycles.